The van der Waals surface area contributed by atoms with Crippen LogP contribution in [0.5, 0.6) is 11.5 Å². The Bertz CT molecular complexity index is 1410. The van der Waals surface area contributed by atoms with E-state index in [9.17, 15) is 0 Å². The van der Waals surface area contributed by atoms with Gasteiger partial charge in [-0.05, 0) is 44.4 Å². The summed E-state index contributed by atoms with van der Waals surface area (Å²) in [4.78, 5) is 4.28. The summed E-state index contributed by atoms with van der Waals surface area (Å²) in [5.41, 5.74) is 16.8. The lowest BCUT2D eigenvalue weighted by molar-refractivity contribution is 0.220. The van der Waals surface area contributed by atoms with Gasteiger partial charge in [0.05, 0.1) is 17.8 Å². The molecule has 2 heterocycles. The topological polar surface area (TPSA) is 123 Å². The third-order valence-electron chi connectivity index (χ3n) is 6.44. The van der Waals surface area contributed by atoms with Gasteiger partial charge in [0.2, 0.25) is 0 Å². The maximum Gasteiger partial charge on any atom is 0.180 e. The minimum atomic E-state index is 0.193. The van der Waals surface area contributed by atoms with E-state index in [-0.39, 0.29) is 6.73 Å². The highest BCUT2D eigenvalue weighted by Gasteiger charge is 2.18. The number of nitrogens with zero attached hydrogens (tertiary/aromatic N) is 5. The van der Waals surface area contributed by atoms with Crippen molar-refractivity contribution < 1.29 is 9.47 Å². The summed E-state index contributed by atoms with van der Waals surface area (Å²) in [5.74, 6) is 1.30. The fourth-order valence-corrected chi connectivity index (χ4v) is 5.00. The number of ether oxygens (including phenoxy) is 2. The Kier molecular flexibility index (Phi) is 10.4. The van der Waals surface area contributed by atoms with Gasteiger partial charge in [-0.25, -0.2) is 4.68 Å². The highest BCUT2D eigenvalue weighted by atomic mass is 35.5. The number of hydrogen-bond acceptors (Lipinski definition) is 8. The molecule has 0 fully saturated rings. The molecule has 0 amide bonds. The Balaban J connectivity index is 1.55. The van der Waals surface area contributed by atoms with Crippen LogP contribution in [0.3, 0.4) is 0 Å². The van der Waals surface area contributed by atoms with Crippen molar-refractivity contribution in [3.63, 3.8) is 0 Å². The molecule has 0 unspecified atom stereocenters. The van der Waals surface area contributed by atoms with Crippen molar-refractivity contribution in [2.24, 2.45) is 11.5 Å². The van der Waals surface area contributed by atoms with Crippen molar-refractivity contribution in [2.75, 3.05) is 47.4 Å². The highest BCUT2D eigenvalue weighted by Crippen LogP contribution is 2.35. The first kappa shape index (κ1) is 29.9. The number of H-pyrrole nitrogens is 1. The van der Waals surface area contributed by atoms with Gasteiger partial charge >= 0.3 is 0 Å². The molecule has 0 aliphatic carbocycles. The van der Waals surface area contributed by atoms with Crippen LogP contribution in [0.2, 0.25) is 10.0 Å². The molecule has 0 aliphatic rings. The van der Waals surface area contributed by atoms with Crippen LogP contribution < -0.4 is 20.9 Å². The van der Waals surface area contributed by atoms with E-state index in [2.05, 4.69) is 20.0 Å². The molecule has 0 aliphatic heterocycles. The molecule has 2 aromatic carbocycles. The van der Waals surface area contributed by atoms with Gasteiger partial charge in [-0.1, -0.05) is 23.2 Å². The fourth-order valence-electron chi connectivity index (χ4n) is 4.50. The Morgan fingerprint density at radius 3 is 2.30 bits per heavy atom. The predicted octanol–water partition coefficient (Wildman–Crippen LogP) is 4.07. The van der Waals surface area contributed by atoms with E-state index in [1.807, 2.05) is 50.8 Å². The molecule has 0 radical (unpaired) electrons. The summed E-state index contributed by atoms with van der Waals surface area (Å²) in [6.07, 6.45) is 3.86. The van der Waals surface area contributed by atoms with E-state index in [1.54, 1.807) is 23.9 Å². The molecular weight excluding hydrogens is 551 g/mol. The summed E-state index contributed by atoms with van der Waals surface area (Å²) in [5, 5.41) is 13.4. The molecule has 2 aromatic heterocycles. The number of nitrogens with two attached hydrogens (primary N) is 2. The number of aromatic nitrogens is 4. The van der Waals surface area contributed by atoms with Gasteiger partial charge in [0.15, 0.2) is 6.73 Å². The maximum atomic E-state index is 6.53. The zero-order chi connectivity index (χ0) is 28.6. The Hall–Kier alpha value is -3.12. The molecule has 10 nitrogen and oxygen atoms in total. The average Bonchev–Trinajstić information content (AvgIpc) is 3.54. The molecule has 4 aromatic rings. The number of benzene rings is 2. The molecule has 0 bridgehead atoms. The third kappa shape index (κ3) is 7.34. The second-order valence-electron chi connectivity index (χ2n) is 9.61. The van der Waals surface area contributed by atoms with Gasteiger partial charge in [-0.2, -0.15) is 10.2 Å². The molecule has 214 valence electrons. The monoisotopic (exact) mass is 586 g/mol. The summed E-state index contributed by atoms with van der Waals surface area (Å²) < 4.78 is 13.6. The van der Waals surface area contributed by atoms with Gasteiger partial charge in [0.25, 0.3) is 0 Å². The Morgan fingerprint density at radius 2 is 1.62 bits per heavy atom. The first-order chi connectivity index (χ1) is 19.3. The molecule has 5 N–H and O–H groups in total. The summed E-state index contributed by atoms with van der Waals surface area (Å²) >= 11 is 12.7. The summed E-state index contributed by atoms with van der Waals surface area (Å²) in [6.45, 7) is 4.26. The van der Waals surface area contributed by atoms with Crippen LogP contribution in [0.4, 0.5) is 0 Å². The molecule has 12 heteroatoms. The van der Waals surface area contributed by atoms with Gasteiger partial charge in [-0.15, -0.1) is 0 Å². The summed E-state index contributed by atoms with van der Waals surface area (Å²) in [6, 6.07) is 11.1. The zero-order valence-corrected chi connectivity index (χ0v) is 24.5. The number of methoxy groups -OCH3 is 1. The van der Waals surface area contributed by atoms with E-state index in [0.717, 1.165) is 46.7 Å². The van der Waals surface area contributed by atoms with Crippen LogP contribution in [0.1, 0.15) is 11.1 Å². The van der Waals surface area contributed by atoms with E-state index in [0.29, 0.717) is 47.7 Å². The molecule has 0 saturated carbocycles. The predicted molar refractivity (Wildman–Crippen MR) is 160 cm³/mol. The highest BCUT2D eigenvalue weighted by molar-refractivity contribution is 6.36. The molecule has 0 atom stereocenters. The number of aromatic amines is 1. The molecule has 40 heavy (non-hydrogen) atoms. The Labute approximate surface area is 244 Å². The average molecular weight is 588 g/mol. The second kappa shape index (κ2) is 14.0. The SMILES string of the molecule is COc1cc(OCn2cc(CN(C)CCN)c(-c3ccc(Cl)cc3Cl)n2)ccc1-c1n[nH]cc1CN(C)CCN. The number of nitrogens with one attached hydrogen (secondary N) is 1. The normalized spacial score (nSPS) is 11.5. The van der Waals surface area contributed by atoms with Crippen molar-refractivity contribution in [2.45, 2.75) is 19.8 Å². The van der Waals surface area contributed by atoms with Gasteiger partial charge in [-0.3, -0.25) is 5.10 Å². The lowest BCUT2D eigenvalue weighted by Gasteiger charge is -2.16. The van der Waals surface area contributed by atoms with Gasteiger partial charge < -0.3 is 30.7 Å². The molecule has 0 spiro atoms. The number of halogens is 2. The van der Waals surface area contributed by atoms with Crippen molar-refractivity contribution >= 4 is 23.2 Å². The number of rotatable bonds is 14. The zero-order valence-electron chi connectivity index (χ0n) is 23.0. The smallest absolute Gasteiger partial charge is 0.180 e. The van der Waals surface area contributed by atoms with E-state index in [1.165, 1.54) is 0 Å². The molecule has 0 saturated heterocycles. The molecule has 4 rings (SSSR count). The lowest BCUT2D eigenvalue weighted by atomic mass is 10.1. The first-order valence-corrected chi connectivity index (χ1v) is 13.7. The van der Waals surface area contributed by atoms with Gasteiger partial charge in [0, 0.05) is 85.0 Å². The van der Waals surface area contributed by atoms with E-state index in [4.69, 9.17) is 49.2 Å². The van der Waals surface area contributed by atoms with Crippen LogP contribution in [-0.4, -0.2) is 77.2 Å². The fraction of sp³-hybridized carbons (Fsp3) is 0.357. The number of hydrogen-bond donors (Lipinski definition) is 3. The maximum absolute atomic E-state index is 6.53. The van der Waals surface area contributed by atoms with Crippen molar-refractivity contribution in [3.05, 3.63) is 70.0 Å². The molecular formula is C28H36Cl2N8O2. The van der Waals surface area contributed by atoms with Crippen molar-refractivity contribution in [3.8, 4) is 34.0 Å². The lowest BCUT2D eigenvalue weighted by Crippen LogP contribution is -2.25. The second-order valence-corrected chi connectivity index (χ2v) is 10.5. The summed E-state index contributed by atoms with van der Waals surface area (Å²) in [7, 11) is 5.68. The van der Waals surface area contributed by atoms with Crippen LogP contribution in [0, 0.1) is 0 Å². The van der Waals surface area contributed by atoms with Crippen LogP contribution in [0.15, 0.2) is 48.8 Å². The Morgan fingerprint density at radius 1 is 0.925 bits per heavy atom. The quantitative estimate of drug-likeness (QED) is 0.202. The first-order valence-electron chi connectivity index (χ1n) is 13.0. The number of likely N-dealkylation sites (N-methyl/N-ethyl adjacent to an activating group) is 2. The van der Waals surface area contributed by atoms with Crippen LogP contribution in [-0.2, 0) is 19.8 Å². The minimum Gasteiger partial charge on any atom is -0.496 e. The van der Waals surface area contributed by atoms with Crippen molar-refractivity contribution in [1.82, 2.24) is 29.8 Å². The third-order valence-corrected chi connectivity index (χ3v) is 6.98. The van der Waals surface area contributed by atoms with Crippen LogP contribution in [0.25, 0.3) is 22.5 Å². The van der Waals surface area contributed by atoms with Crippen LogP contribution >= 0.6 is 23.2 Å². The van der Waals surface area contributed by atoms with E-state index >= 15 is 0 Å². The van der Waals surface area contributed by atoms with Gasteiger partial charge in [0.1, 0.15) is 17.2 Å². The van der Waals surface area contributed by atoms with E-state index < -0.39 is 0 Å². The standard InChI is InChI=1S/C28H36Cl2N8O2/c1-36(10-8-31)15-19-14-33-34-27(19)24-7-5-22(13-26(24)39-3)40-18-38-17-20(16-37(2)11-9-32)28(35-38)23-6-4-21(29)12-25(23)30/h4-7,12-14,17H,8-11,15-16,18,31-32H2,1-3H3,(H,33,34). The van der Waals surface area contributed by atoms with Crippen molar-refractivity contribution in [1.29, 1.82) is 0 Å². The minimum absolute atomic E-state index is 0.193. The largest absolute Gasteiger partial charge is 0.496 e.